The summed E-state index contributed by atoms with van der Waals surface area (Å²) in [5, 5.41) is 0. The minimum atomic E-state index is -3.23. The van der Waals surface area contributed by atoms with Crippen molar-refractivity contribution in [3.63, 3.8) is 0 Å². The number of anilines is 1. The molecule has 0 N–H and O–H groups in total. The van der Waals surface area contributed by atoms with Crippen LogP contribution in [-0.2, 0) is 16.9 Å². The zero-order chi connectivity index (χ0) is 26.4. The van der Waals surface area contributed by atoms with Gasteiger partial charge in [0, 0.05) is 57.3 Å². The molecule has 0 spiro atoms. The van der Waals surface area contributed by atoms with E-state index in [1.54, 1.807) is 12.1 Å². The molecule has 1 aliphatic heterocycles. The van der Waals surface area contributed by atoms with Crippen molar-refractivity contribution in [2.75, 3.05) is 43.9 Å². The number of nitrogens with zero attached hydrogens (tertiary/aromatic N) is 4. The summed E-state index contributed by atoms with van der Waals surface area (Å²) in [6, 6.07) is 20.4. The van der Waals surface area contributed by atoms with Crippen LogP contribution < -0.4 is 4.90 Å². The molecule has 0 atom stereocenters. The highest BCUT2D eigenvalue weighted by Crippen LogP contribution is 2.32. The number of benzene rings is 3. The lowest BCUT2D eigenvalue weighted by atomic mass is 9.85. The number of rotatable bonds is 6. The lowest BCUT2D eigenvalue weighted by molar-refractivity contribution is 0.170. The first-order valence-electron chi connectivity index (χ1n) is 13.6. The van der Waals surface area contributed by atoms with Crippen molar-refractivity contribution in [1.82, 2.24) is 14.5 Å². The molecule has 2 aliphatic rings. The van der Waals surface area contributed by atoms with Crippen molar-refractivity contribution >= 4 is 26.6 Å². The van der Waals surface area contributed by atoms with Crippen LogP contribution in [0, 0.1) is 12.8 Å². The molecule has 0 unspecified atom stereocenters. The third-order valence-corrected chi connectivity index (χ3v) is 9.53. The lowest BCUT2D eigenvalue weighted by Gasteiger charge is -2.39. The van der Waals surface area contributed by atoms with E-state index >= 15 is 0 Å². The van der Waals surface area contributed by atoms with Crippen LogP contribution in [0.15, 0.2) is 65.6 Å². The van der Waals surface area contributed by atoms with Crippen molar-refractivity contribution in [3.05, 3.63) is 66.2 Å². The fraction of sp³-hybridized carbons (Fsp3) is 0.387. The molecule has 198 valence electrons. The quantitative estimate of drug-likeness (QED) is 0.329. The number of hydrogen-bond acceptors (Lipinski definition) is 5. The molecule has 2 heterocycles. The Morgan fingerprint density at radius 2 is 1.53 bits per heavy atom. The summed E-state index contributed by atoms with van der Waals surface area (Å²) in [5.41, 5.74) is 7.73. The molecule has 1 aromatic heterocycles. The lowest BCUT2D eigenvalue weighted by Crippen LogP contribution is -2.48. The van der Waals surface area contributed by atoms with Gasteiger partial charge in [0.15, 0.2) is 9.84 Å². The monoisotopic (exact) mass is 528 g/mol. The van der Waals surface area contributed by atoms with Crippen LogP contribution in [0.2, 0.25) is 0 Å². The van der Waals surface area contributed by atoms with Gasteiger partial charge in [-0.25, -0.2) is 13.4 Å². The maximum absolute atomic E-state index is 11.9. The van der Waals surface area contributed by atoms with E-state index in [1.807, 2.05) is 19.2 Å². The zero-order valence-corrected chi connectivity index (χ0v) is 23.3. The summed E-state index contributed by atoms with van der Waals surface area (Å²) in [5.74, 6) is 1.77. The second kappa shape index (κ2) is 9.86. The highest BCUT2D eigenvalue weighted by molar-refractivity contribution is 7.90. The van der Waals surface area contributed by atoms with E-state index in [9.17, 15) is 8.42 Å². The summed E-state index contributed by atoms with van der Waals surface area (Å²) in [6.07, 6.45) is 5.49. The molecular weight excluding hydrogens is 492 g/mol. The molecule has 1 saturated heterocycles. The predicted octanol–water partition coefficient (Wildman–Crippen LogP) is 5.54. The molecule has 0 radical (unpaired) electrons. The first-order valence-corrected chi connectivity index (χ1v) is 15.5. The number of hydrogen-bond donors (Lipinski definition) is 0. The number of aromatic nitrogens is 2. The molecule has 3 aromatic carbocycles. The first-order chi connectivity index (χ1) is 18.3. The topological polar surface area (TPSA) is 58.4 Å². The van der Waals surface area contributed by atoms with E-state index in [2.05, 4.69) is 57.7 Å². The molecule has 0 bridgehead atoms. The predicted molar refractivity (Wildman–Crippen MR) is 155 cm³/mol. The Labute approximate surface area is 225 Å². The number of piperazine rings is 1. The Kier molecular flexibility index (Phi) is 6.52. The number of fused-ring (bicyclic) bond motifs is 1. The number of aryl methyl sites for hydroxylation is 2. The van der Waals surface area contributed by atoms with Crippen molar-refractivity contribution in [2.45, 2.75) is 31.1 Å². The molecule has 1 aliphatic carbocycles. The van der Waals surface area contributed by atoms with Gasteiger partial charge in [-0.1, -0.05) is 18.6 Å². The van der Waals surface area contributed by atoms with Crippen LogP contribution in [0.3, 0.4) is 0 Å². The standard InChI is InChI=1S/C31H36N4O2S/c1-22-19-26(20-29-30(22)32-31(33(29)2)25-9-13-28(14-10-25)38(3,36)37)24-7-11-27(12-8-24)35-17-15-34(16-18-35)21-23-5-4-6-23/h7-14,19-20,23H,4-6,15-18,21H2,1-3H3. The van der Waals surface area contributed by atoms with Crippen LogP contribution in [0.1, 0.15) is 24.8 Å². The molecule has 38 heavy (non-hydrogen) atoms. The third kappa shape index (κ3) is 4.85. The van der Waals surface area contributed by atoms with Crippen molar-refractivity contribution < 1.29 is 8.42 Å². The summed E-state index contributed by atoms with van der Waals surface area (Å²) in [7, 11) is -1.21. The largest absolute Gasteiger partial charge is 0.369 e. The van der Waals surface area contributed by atoms with Crippen LogP contribution in [0.4, 0.5) is 5.69 Å². The van der Waals surface area contributed by atoms with Crippen molar-refractivity contribution in [2.24, 2.45) is 13.0 Å². The summed E-state index contributed by atoms with van der Waals surface area (Å²) in [4.78, 5) is 10.4. The highest BCUT2D eigenvalue weighted by Gasteiger charge is 2.24. The van der Waals surface area contributed by atoms with E-state index in [-0.39, 0.29) is 0 Å². The summed E-state index contributed by atoms with van der Waals surface area (Å²) >= 11 is 0. The van der Waals surface area contributed by atoms with E-state index in [0.29, 0.717) is 4.90 Å². The van der Waals surface area contributed by atoms with Gasteiger partial charge in [0.1, 0.15) is 5.82 Å². The molecule has 0 amide bonds. The van der Waals surface area contributed by atoms with E-state index in [4.69, 9.17) is 4.98 Å². The van der Waals surface area contributed by atoms with Gasteiger partial charge in [-0.15, -0.1) is 0 Å². The first kappa shape index (κ1) is 25.1. The minimum Gasteiger partial charge on any atom is -0.369 e. The van der Waals surface area contributed by atoms with Gasteiger partial charge in [-0.2, -0.15) is 0 Å². The SMILES string of the molecule is Cc1cc(-c2ccc(N3CCN(CC4CCC4)CC3)cc2)cc2c1nc(-c1ccc(S(C)(=O)=O)cc1)n2C. The van der Waals surface area contributed by atoms with Crippen molar-refractivity contribution in [1.29, 1.82) is 0 Å². The Morgan fingerprint density at radius 3 is 2.13 bits per heavy atom. The van der Waals surface area contributed by atoms with Crippen LogP contribution in [0.25, 0.3) is 33.5 Å². The minimum absolute atomic E-state index is 0.317. The molecule has 6 rings (SSSR count). The molecule has 1 saturated carbocycles. The summed E-state index contributed by atoms with van der Waals surface area (Å²) < 4.78 is 25.8. The Balaban J connectivity index is 1.22. The second-order valence-corrected chi connectivity index (χ2v) is 13.1. The fourth-order valence-electron chi connectivity index (χ4n) is 5.83. The molecule has 7 heteroatoms. The zero-order valence-electron chi connectivity index (χ0n) is 22.5. The fourth-order valence-corrected chi connectivity index (χ4v) is 6.46. The van der Waals surface area contributed by atoms with Crippen LogP contribution in [-0.4, -0.2) is 61.8 Å². The van der Waals surface area contributed by atoms with Gasteiger partial charge in [0.2, 0.25) is 0 Å². The van der Waals surface area contributed by atoms with Gasteiger partial charge in [-0.3, -0.25) is 4.90 Å². The van der Waals surface area contributed by atoms with Gasteiger partial charge < -0.3 is 9.47 Å². The van der Waals surface area contributed by atoms with Crippen LogP contribution >= 0.6 is 0 Å². The van der Waals surface area contributed by atoms with Crippen molar-refractivity contribution in [3.8, 4) is 22.5 Å². The van der Waals surface area contributed by atoms with Crippen LogP contribution in [0.5, 0.6) is 0 Å². The number of sulfone groups is 1. The highest BCUT2D eigenvalue weighted by atomic mass is 32.2. The maximum atomic E-state index is 11.9. The summed E-state index contributed by atoms with van der Waals surface area (Å²) in [6.45, 7) is 7.91. The second-order valence-electron chi connectivity index (χ2n) is 11.1. The smallest absolute Gasteiger partial charge is 0.175 e. The number of imidazole rings is 1. The molecule has 4 aromatic rings. The third-order valence-electron chi connectivity index (χ3n) is 8.40. The molecule has 6 nitrogen and oxygen atoms in total. The molecular formula is C31H36N4O2S. The average molecular weight is 529 g/mol. The van der Waals surface area contributed by atoms with Gasteiger partial charge in [-0.05, 0) is 90.9 Å². The van der Waals surface area contributed by atoms with E-state index in [1.165, 1.54) is 48.9 Å². The van der Waals surface area contributed by atoms with Gasteiger partial charge >= 0.3 is 0 Å². The van der Waals surface area contributed by atoms with Gasteiger partial charge in [0.05, 0.1) is 15.9 Å². The normalized spacial score (nSPS) is 17.2. The maximum Gasteiger partial charge on any atom is 0.175 e. The Morgan fingerprint density at radius 1 is 0.868 bits per heavy atom. The average Bonchev–Trinajstić information content (AvgIpc) is 3.23. The molecule has 2 fully saturated rings. The van der Waals surface area contributed by atoms with E-state index < -0.39 is 9.84 Å². The Bertz CT molecular complexity index is 1560. The van der Waals surface area contributed by atoms with Gasteiger partial charge in [0.25, 0.3) is 0 Å². The Hall–Kier alpha value is -3.16. The van der Waals surface area contributed by atoms with E-state index in [0.717, 1.165) is 60.1 Å².